The number of para-hydroxylation sites is 1. The van der Waals surface area contributed by atoms with Gasteiger partial charge < -0.3 is 14.8 Å². The highest BCUT2D eigenvalue weighted by atomic mass is 19.1. The van der Waals surface area contributed by atoms with Crippen LogP contribution in [-0.2, 0) is 14.3 Å². The summed E-state index contributed by atoms with van der Waals surface area (Å²) in [4.78, 5) is 33.0. The molecule has 12 nitrogen and oxygen atoms in total. The summed E-state index contributed by atoms with van der Waals surface area (Å²) in [7, 11) is 1.61. The summed E-state index contributed by atoms with van der Waals surface area (Å²) in [5.74, 6) is 2.00. The van der Waals surface area contributed by atoms with Crippen LogP contribution < -0.4 is 10.6 Å². The SMILES string of the molecule is COCCN1C[C@@H](NC(=O)Nc2c(C)c(-c3cnc(C4[C@@H]5CC[C@H]4COC5)nc3)nn2-c2ccccc2)[C@H](c2ccnc(F)c2)O1. The number of anilines is 1. The van der Waals surface area contributed by atoms with Crippen molar-refractivity contribution in [3.05, 3.63) is 84.0 Å². The average molecular weight is 629 g/mol. The van der Waals surface area contributed by atoms with Crippen molar-refractivity contribution in [2.45, 2.75) is 37.8 Å². The molecule has 13 heteroatoms. The average Bonchev–Trinajstić information content (AvgIpc) is 3.70. The zero-order chi connectivity index (χ0) is 31.6. The third-order valence-corrected chi connectivity index (χ3v) is 9.16. The first kappa shape index (κ1) is 30.4. The predicted octanol–water partition coefficient (Wildman–Crippen LogP) is 4.44. The van der Waals surface area contributed by atoms with Gasteiger partial charge in [-0.05, 0) is 61.4 Å². The number of urea groups is 1. The van der Waals surface area contributed by atoms with Crippen molar-refractivity contribution in [1.82, 2.24) is 35.1 Å². The number of pyridine rings is 1. The molecule has 240 valence electrons. The van der Waals surface area contributed by atoms with E-state index >= 15 is 0 Å². The normalized spacial score (nSPS) is 24.3. The number of ether oxygens (including phenoxy) is 2. The molecule has 5 atom stereocenters. The maximum atomic E-state index is 14.0. The number of halogens is 1. The Morgan fingerprint density at radius 1 is 1.09 bits per heavy atom. The summed E-state index contributed by atoms with van der Waals surface area (Å²) >= 11 is 0. The summed E-state index contributed by atoms with van der Waals surface area (Å²) < 4.78 is 26.7. The van der Waals surface area contributed by atoms with Crippen molar-refractivity contribution in [3.63, 3.8) is 0 Å². The van der Waals surface area contributed by atoms with Gasteiger partial charge in [0.1, 0.15) is 23.4 Å². The number of methoxy groups -OCH3 is 1. The van der Waals surface area contributed by atoms with Gasteiger partial charge in [0, 0.05) is 55.8 Å². The van der Waals surface area contributed by atoms with Gasteiger partial charge in [0.25, 0.3) is 0 Å². The third kappa shape index (κ3) is 6.10. The van der Waals surface area contributed by atoms with E-state index in [9.17, 15) is 9.18 Å². The third-order valence-electron chi connectivity index (χ3n) is 9.16. The second kappa shape index (κ2) is 13.2. The molecule has 2 bridgehead atoms. The molecule has 1 aromatic carbocycles. The first-order chi connectivity index (χ1) is 22.5. The predicted molar refractivity (Wildman–Crippen MR) is 167 cm³/mol. The Morgan fingerprint density at radius 3 is 2.57 bits per heavy atom. The summed E-state index contributed by atoms with van der Waals surface area (Å²) in [6.07, 6.45) is 6.73. The summed E-state index contributed by atoms with van der Waals surface area (Å²) in [6.45, 7) is 4.75. The molecule has 46 heavy (non-hydrogen) atoms. The van der Waals surface area contributed by atoms with Crippen molar-refractivity contribution >= 4 is 11.8 Å². The molecular formula is C33H37FN8O4. The van der Waals surface area contributed by atoms with Crippen LogP contribution >= 0.6 is 0 Å². The van der Waals surface area contributed by atoms with Gasteiger partial charge in [0.2, 0.25) is 5.95 Å². The van der Waals surface area contributed by atoms with Crippen LogP contribution in [0.3, 0.4) is 0 Å². The number of benzene rings is 1. The van der Waals surface area contributed by atoms with Crippen LogP contribution in [0.2, 0.25) is 0 Å². The van der Waals surface area contributed by atoms with E-state index in [-0.39, 0.29) is 0 Å². The molecule has 7 rings (SSSR count). The van der Waals surface area contributed by atoms with E-state index in [0.29, 0.717) is 54.5 Å². The van der Waals surface area contributed by atoms with E-state index in [1.165, 1.54) is 12.3 Å². The van der Waals surface area contributed by atoms with Gasteiger partial charge in [-0.15, -0.1) is 0 Å². The second-order valence-electron chi connectivity index (χ2n) is 12.1. The number of hydrogen-bond donors (Lipinski definition) is 2. The van der Waals surface area contributed by atoms with E-state index in [1.807, 2.05) is 49.6 Å². The Balaban J connectivity index is 1.14. The van der Waals surface area contributed by atoms with E-state index in [1.54, 1.807) is 22.9 Å². The number of nitrogens with zero attached hydrogens (tertiary/aromatic N) is 6. The van der Waals surface area contributed by atoms with E-state index in [0.717, 1.165) is 48.7 Å². The number of aromatic nitrogens is 5. The number of fused-ring (bicyclic) bond motifs is 2. The fourth-order valence-electron chi connectivity index (χ4n) is 6.89. The number of hydrogen-bond acceptors (Lipinski definition) is 9. The van der Waals surface area contributed by atoms with Crippen molar-refractivity contribution in [2.75, 3.05) is 45.3 Å². The molecule has 1 unspecified atom stereocenters. The minimum absolute atomic E-state index is 0.323. The molecule has 3 aromatic heterocycles. The molecule has 5 heterocycles. The molecule has 4 aromatic rings. The summed E-state index contributed by atoms with van der Waals surface area (Å²) in [6, 6.07) is 11.7. The molecule has 2 N–H and O–H groups in total. The fraction of sp³-hybridized carbons (Fsp3) is 0.424. The van der Waals surface area contributed by atoms with Gasteiger partial charge >= 0.3 is 6.03 Å². The number of hydroxylamine groups is 2. The second-order valence-corrected chi connectivity index (χ2v) is 12.1. The van der Waals surface area contributed by atoms with Gasteiger partial charge in [-0.25, -0.2) is 24.4 Å². The monoisotopic (exact) mass is 628 g/mol. The molecule has 2 aliphatic heterocycles. The van der Waals surface area contributed by atoms with Crippen LogP contribution in [0.4, 0.5) is 15.0 Å². The molecule has 2 saturated heterocycles. The molecule has 3 fully saturated rings. The number of carbonyl (C=O) groups excluding carboxylic acids is 1. The van der Waals surface area contributed by atoms with Crippen molar-refractivity contribution in [2.24, 2.45) is 11.8 Å². The Labute approximate surface area is 266 Å². The lowest BCUT2D eigenvalue weighted by Crippen LogP contribution is -2.42. The minimum atomic E-state index is -0.619. The lowest BCUT2D eigenvalue weighted by Gasteiger charge is -2.28. The molecule has 0 spiro atoms. The minimum Gasteiger partial charge on any atom is -0.383 e. The lowest BCUT2D eigenvalue weighted by atomic mass is 9.87. The molecular weight excluding hydrogens is 591 g/mol. The van der Waals surface area contributed by atoms with Gasteiger partial charge in [-0.2, -0.15) is 14.6 Å². The summed E-state index contributed by atoms with van der Waals surface area (Å²) in [5.41, 5.74) is 3.54. The maximum Gasteiger partial charge on any atom is 0.320 e. The maximum absolute atomic E-state index is 14.0. The van der Waals surface area contributed by atoms with E-state index in [4.69, 9.17) is 29.4 Å². The number of carbonyl (C=O) groups is 1. The van der Waals surface area contributed by atoms with E-state index in [2.05, 4.69) is 15.6 Å². The Morgan fingerprint density at radius 2 is 1.85 bits per heavy atom. The topological polar surface area (TPSA) is 129 Å². The van der Waals surface area contributed by atoms with E-state index < -0.39 is 24.1 Å². The van der Waals surface area contributed by atoms with Gasteiger partial charge in [-0.3, -0.25) is 10.2 Å². The van der Waals surface area contributed by atoms with Gasteiger partial charge in [-0.1, -0.05) is 18.2 Å². The zero-order valence-electron chi connectivity index (χ0n) is 25.8. The highest BCUT2D eigenvalue weighted by Gasteiger charge is 2.42. The van der Waals surface area contributed by atoms with Crippen LogP contribution in [0.15, 0.2) is 61.1 Å². The highest BCUT2D eigenvalue weighted by Crippen LogP contribution is 2.46. The lowest BCUT2D eigenvalue weighted by molar-refractivity contribution is -0.154. The van der Waals surface area contributed by atoms with Gasteiger partial charge in [0.05, 0.1) is 31.5 Å². The Hall–Kier alpha value is -4.30. The number of rotatable bonds is 9. The van der Waals surface area contributed by atoms with Crippen LogP contribution in [0, 0.1) is 24.7 Å². The molecule has 0 radical (unpaired) electrons. The Kier molecular flexibility index (Phi) is 8.71. The summed E-state index contributed by atoms with van der Waals surface area (Å²) in [5, 5.41) is 12.7. The van der Waals surface area contributed by atoms with Crippen LogP contribution in [-0.4, -0.2) is 81.9 Å². The largest absolute Gasteiger partial charge is 0.383 e. The van der Waals surface area contributed by atoms with Crippen LogP contribution in [0.1, 0.15) is 41.8 Å². The number of amides is 2. The van der Waals surface area contributed by atoms with Crippen LogP contribution in [0.25, 0.3) is 16.9 Å². The van der Waals surface area contributed by atoms with Crippen molar-refractivity contribution < 1.29 is 23.5 Å². The molecule has 1 saturated carbocycles. The first-order valence-corrected chi connectivity index (χ1v) is 15.6. The van der Waals surface area contributed by atoms with Crippen molar-refractivity contribution in [3.8, 4) is 16.9 Å². The molecule has 1 aliphatic carbocycles. The zero-order valence-corrected chi connectivity index (χ0v) is 25.8. The quantitative estimate of drug-likeness (QED) is 0.259. The van der Waals surface area contributed by atoms with Gasteiger partial charge in [0.15, 0.2) is 0 Å². The fourth-order valence-corrected chi connectivity index (χ4v) is 6.89. The smallest absolute Gasteiger partial charge is 0.320 e. The Bertz CT molecular complexity index is 1650. The highest BCUT2D eigenvalue weighted by molar-refractivity contribution is 5.91. The van der Waals surface area contributed by atoms with Crippen LogP contribution in [0.5, 0.6) is 0 Å². The van der Waals surface area contributed by atoms with Crippen molar-refractivity contribution in [1.29, 1.82) is 0 Å². The number of nitrogens with one attached hydrogen (secondary N) is 2. The first-order valence-electron chi connectivity index (χ1n) is 15.6. The molecule has 3 aliphatic rings. The standard InChI is InChI=1S/C33H37FN8O4/c1-20-29(24-15-36-31(37-16-24)28-22-8-9-23(28)19-45-18-22)40-42(25-6-4-3-5-7-25)32(20)39-33(43)38-26-17-41(12-13-44-2)46-30(26)21-10-11-35-27(34)14-21/h3-7,10-11,14-16,22-23,26,28,30H,8-9,12-13,17-19H2,1-2H3,(H2,38,39,43)/t22-,23+,26-,28?,30+/m1/s1. The molecule has 2 amide bonds.